The molecule has 0 atom stereocenters. The van der Waals surface area contributed by atoms with Crippen LogP contribution in [-0.4, -0.2) is 6.71 Å². The molecule has 0 aliphatic carbocycles. The maximum absolute atomic E-state index is 2.65. The zero-order valence-corrected chi connectivity index (χ0v) is 47.7. The number of anilines is 6. The summed E-state index contributed by atoms with van der Waals surface area (Å²) in [6.07, 6.45) is 0. The minimum atomic E-state index is -0.164. The van der Waals surface area contributed by atoms with Crippen LogP contribution in [0.1, 0.15) is 0 Å². The average molecular weight is 1100 g/mol. The van der Waals surface area contributed by atoms with Crippen molar-refractivity contribution in [2.24, 2.45) is 0 Å². The van der Waals surface area contributed by atoms with E-state index in [1.807, 2.05) is 0 Å². The van der Waals surface area contributed by atoms with E-state index >= 15 is 0 Å². The Hall–Kier alpha value is -11.3. The topological polar surface area (TPSA) is 6.48 Å². The molecule has 0 saturated heterocycles. The summed E-state index contributed by atoms with van der Waals surface area (Å²) in [5, 5.41) is 7.37. The van der Waals surface area contributed by atoms with Gasteiger partial charge in [0.25, 0.3) is 6.71 Å². The summed E-state index contributed by atoms with van der Waals surface area (Å²) in [7, 11) is 0. The Morgan fingerprint density at radius 2 is 0.586 bits per heavy atom. The van der Waals surface area contributed by atoms with Gasteiger partial charge in [-0.25, -0.2) is 0 Å². The fourth-order valence-corrected chi connectivity index (χ4v) is 14.4. The van der Waals surface area contributed by atoms with E-state index in [4.69, 9.17) is 0 Å². The van der Waals surface area contributed by atoms with Crippen molar-refractivity contribution in [2.75, 3.05) is 9.80 Å². The maximum Gasteiger partial charge on any atom is 0.252 e. The van der Waals surface area contributed by atoms with Gasteiger partial charge in [-0.1, -0.05) is 303 Å². The van der Waals surface area contributed by atoms with Crippen molar-refractivity contribution in [3.63, 3.8) is 0 Å². The Morgan fingerprint density at radius 1 is 0.207 bits per heavy atom. The third kappa shape index (κ3) is 8.27. The fraction of sp³-hybridized carbons (Fsp3) is 0. The van der Waals surface area contributed by atoms with Gasteiger partial charge in [0.05, 0.1) is 11.4 Å². The van der Waals surface area contributed by atoms with Gasteiger partial charge in [0.15, 0.2) is 0 Å². The molecular weight excluding hydrogens is 1050 g/mol. The smallest absolute Gasteiger partial charge is 0.252 e. The highest BCUT2D eigenvalue weighted by Crippen LogP contribution is 2.54. The van der Waals surface area contributed by atoms with Gasteiger partial charge in [-0.2, -0.15) is 0 Å². The first kappa shape index (κ1) is 50.3. The minimum Gasteiger partial charge on any atom is -0.310 e. The third-order valence-corrected chi connectivity index (χ3v) is 18.2. The van der Waals surface area contributed by atoms with Gasteiger partial charge < -0.3 is 9.80 Å². The predicted octanol–water partition coefficient (Wildman–Crippen LogP) is 20.9. The highest BCUT2D eigenvalue weighted by Gasteiger charge is 2.45. The van der Waals surface area contributed by atoms with Crippen molar-refractivity contribution >= 4 is 89.5 Å². The van der Waals surface area contributed by atoms with Crippen LogP contribution in [0.25, 0.3) is 110 Å². The van der Waals surface area contributed by atoms with Crippen molar-refractivity contribution in [2.45, 2.75) is 0 Å². The van der Waals surface area contributed by atoms with Crippen molar-refractivity contribution < 1.29 is 0 Å². The summed E-state index contributed by atoms with van der Waals surface area (Å²) in [5.41, 5.74) is 27.1. The number of para-hydroxylation sites is 2. The Balaban J connectivity index is 0.995. The normalized spacial score (nSPS) is 12.3. The average Bonchev–Trinajstić information content (AvgIpc) is 0.726. The molecule has 15 aromatic rings. The molecule has 0 N–H and O–H groups in total. The molecule has 0 aromatic heterocycles. The Bertz CT molecular complexity index is 4990. The first-order valence-electron chi connectivity index (χ1n) is 30.2. The molecule has 17 rings (SSSR count). The first-order valence-corrected chi connectivity index (χ1v) is 30.2. The van der Waals surface area contributed by atoms with E-state index in [1.54, 1.807) is 0 Å². The van der Waals surface area contributed by atoms with Crippen LogP contribution in [0.15, 0.2) is 334 Å². The zero-order chi connectivity index (χ0) is 57.4. The molecule has 0 amide bonds. The molecule has 2 aliphatic heterocycles. The molecule has 87 heavy (non-hydrogen) atoms. The van der Waals surface area contributed by atoms with Gasteiger partial charge in [0, 0.05) is 45.0 Å². The van der Waals surface area contributed by atoms with E-state index in [2.05, 4.69) is 343 Å². The van der Waals surface area contributed by atoms with Crippen LogP contribution in [0.4, 0.5) is 34.1 Å². The van der Waals surface area contributed by atoms with E-state index in [-0.39, 0.29) is 6.71 Å². The molecule has 404 valence electrons. The third-order valence-electron chi connectivity index (χ3n) is 18.2. The molecular formula is C84H55BN2. The lowest BCUT2D eigenvalue weighted by Gasteiger charge is -2.45. The van der Waals surface area contributed by atoms with E-state index in [0.717, 1.165) is 84.2 Å². The van der Waals surface area contributed by atoms with Gasteiger partial charge in [-0.05, 0) is 135 Å². The van der Waals surface area contributed by atoms with Crippen molar-refractivity contribution in [3.05, 3.63) is 334 Å². The molecule has 2 aliphatic rings. The summed E-state index contributed by atoms with van der Waals surface area (Å²) < 4.78 is 0. The molecule has 15 aromatic carbocycles. The summed E-state index contributed by atoms with van der Waals surface area (Å²) >= 11 is 0. The lowest BCUT2D eigenvalue weighted by atomic mass is 9.33. The van der Waals surface area contributed by atoms with Gasteiger partial charge >= 0.3 is 0 Å². The van der Waals surface area contributed by atoms with Crippen LogP contribution >= 0.6 is 0 Å². The second kappa shape index (κ2) is 20.8. The molecule has 0 fully saturated rings. The van der Waals surface area contributed by atoms with E-state index < -0.39 is 0 Å². The highest BCUT2D eigenvalue weighted by atomic mass is 15.2. The Morgan fingerprint density at radius 3 is 1.07 bits per heavy atom. The lowest BCUT2D eigenvalue weighted by Crippen LogP contribution is -2.61. The molecule has 2 heterocycles. The second-order valence-corrected chi connectivity index (χ2v) is 23.0. The first-order chi connectivity index (χ1) is 43.2. The van der Waals surface area contributed by atoms with Crippen molar-refractivity contribution in [3.8, 4) is 77.9 Å². The summed E-state index contributed by atoms with van der Waals surface area (Å²) in [6, 6.07) is 124. The summed E-state index contributed by atoms with van der Waals surface area (Å²) in [5.74, 6) is 0. The molecule has 3 heteroatoms. The standard InChI is InChI=1S/C84H55BN2/c1-6-25-56(26-7-1)63-50-52-76-75(54-63)85-74-51-49-65(81-72-39-20-18-37-70(72)80(71-38-19-21-40-73(71)81)64-48-47-57-27-16-17-36-62(57)53-64)55-79(74)87(84-68(60-32-12-4-13-33-60)43-23-44-69(84)61-34-14-5-15-35-61)78-46-24-45-77(82(78)85)86(76)83-66(58-28-8-2-9-29-58)41-22-42-67(83)59-30-10-3-11-31-59/h1-55H. The minimum absolute atomic E-state index is 0.164. The van der Waals surface area contributed by atoms with Gasteiger partial charge in [0.1, 0.15) is 0 Å². The highest BCUT2D eigenvalue weighted by molar-refractivity contribution is 7.00. The second-order valence-electron chi connectivity index (χ2n) is 23.0. The predicted molar refractivity (Wildman–Crippen MR) is 371 cm³/mol. The lowest BCUT2D eigenvalue weighted by molar-refractivity contribution is 1.25. The zero-order valence-electron chi connectivity index (χ0n) is 47.7. The van der Waals surface area contributed by atoms with Crippen LogP contribution in [0, 0.1) is 0 Å². The van der Waals surface area contributed by atoms with E-state index in [1.165, 1.54) is 76.5 Å². The van der Waals surface area contributed by atoms with E-state index in [9.17, 15) is 0 Å². The fourth-order valence-electron chi connectivity index (χ4n) is 14.4. The van der Waals surface area contributed by atoms with Gasteiger partial charge in [-0.3, -0.25) is 0 Å². The van der Waals surface area contributed by atoms with Crippen molar-refractivity contribution in [1.29, 1.82) is 0 Å². The van der Waals surface area contributed by atoms with Crippen LogP contribution in [0.2, 0.25) is 0 Å². The number of rotatable bonds is 9. The molecule has 0 radical (unpaired) electrons. The molecule has 2 nitrogen and oxygen atoms in total. The maximum atomic E-state index is 2.65. The van der Waals surface area contributed by atoms with Crippen LogP contribution in [0.3, 0.4) is 0 Å². The van der Waals surface area contributed by atoms with Gasteiger partial charge in [0.2, 0.25) is 0 Å². The monoisotopic (exact) mass is 1100 g/mol. The largest absolute Gasteiger partial charge is 0.310 e. The van der Waals surface area contributed by atoms with Crippen LogP contribution in [-0.2, 0) is 0 Å². The van der Waals surface area contributed by atoms with Crippen LogP contribution in [0.5, 0.6) is 0 Å². The Kier molecular flexibility index (Phi) is 12.0. The molecule has 0 spiro atoms. The number of hydrogen-bond donors (Lipinski definition) is 0. The summed E-state index contributed by atoms with van der Waals surface area (Å²) in [4.78, 5) is 5.26. The summed E-state index contributed by atoms with van der Waals surface area (Å²) in [6.45, 7) is -0.164. The Labute approximate surface area is 507 Å². The molecule has 0 unspecified atom stereocenters. The molecule has 0 saturated carbocycles. The number of fused-ring (bicyclic) bond motifs is 7. The number of hydrogen-bond acceptors (Lipinski definition) is 2. The molecule has 0 bridgehead atoms. The quantitative estimate of drug-likeness (QED) is 0.105. The SMILES string of the molecule is c1ccc(-c2ccc3c(c2)B2c4ccc(-c5c6ccccc6c(-c6ccc7ccccc7c6)c6ccccc56)cc4N(c4c(-c5ccccc5)cccc4-c4ccccc4)c4cccc(c42)N3c2c(-c3ccccc3)cccc2-c2ccccc2)cc1. The number of nitrogens with zero attached hydrogens (tertiary/aromatic N) is 2. The van der Waals surface area contributed by atoms with Gasteiger partial charge in [-0.15, -0.1) is 0 Å². The number of benzene rings is 15. The van der Waals surface area contributed by atoms with Crippen molar-refractivity contribution in [1.82, 2.24) is 0 Å². The van der Waals surface area contributed by atoms with Crippen LogP contribution < -0.4 is 26.2 Å². The van der Waals surface area contributed by atoms with E-state index in [0.29, 0.717) is 0 Å².